The minimum Gasteiger partial charge on any atom is -0.497 e. The summed E-state index contributed by atoms with van der Waals surface area (Å²) in [5.41, 5.74) is 0.405. The van der Waals surface area contributed by atoms with Crippen molar-refractivity contribution in [2.45, 2.75) is 13.0 Å². The highest BCUT2D eigenvalue weighted by Gasteiger charge is 2.16. The van der Waals surface area contributed by atoms with Crippen molar-refractivity contribution in [2.24, 2.45) is 0 Å². The van der Waals surface area contributed by atoms with E-state index >= 15 is 0 Å². The second-order valence-corrected chi connectivity index (χ2v) is 5.26. The third kappa shape index (κ3) is 5.00. The molecule has 0 aliphatic rings. The molecule has 0 heterocycles. The van der Waals surface area contributed by atoms with Crippen molar-refractivity contribution in [3.05, 3.63) is 65.2 Å². The Bertz CT molecular complexity index is 762. The lowest BCUT2D eigenvalue weighted by Crippen LogP contribution is -2.31. The molecule has 0 saturated heterocycles. The number of hydrogen-bond acceptors (Lipinski definition) is 4. The van der Waals surface area contributed by atoms with Crippen molar-refractivity contribution in [3.63, 3.8) is 0 Å². The quantitative estimate of drug-likeness (QED) is 0.815. The fourth-order valence-electron chi connectivity index (χ4n) is 2.16. The molecule has 0 spiro atoms. The first-order valence-corrected chi connectivity index (χ1v) is 7.46. The van der Waals surface area contributed by atoms with Crippen LogP contribution < -0.4 is 10.1 Å². The van der Waals surface area contributed by atoms with E-state index < -0.39 is 36.2 Å². The summed E-state index contributed by atoms with van der Waals surface area (Å²) in [5, 5.41) is 2.48. The largest absolute Gasteiger partial charge is 0.497 e. The van der Waals surface area contributed by atoms with E-state index in [1.807, 2.05) is 0 Å². The van der Waals surface area contributed by atoms with Crippen LogP contribution in [0.1, 0.15) is 28.9 Å². The van der Waals surface area contributed by atoms with E-state index in [9.17, 15) is 18.4 Å². The summed E-state index contributed by atoms with van der Waals surface area (Å²) in [5.74, 6) is -2.14. The molecule has 2 rings (SSSR count). The van der Waals surface area contributed by atoms with Crippen LogP contribution in [0.4, 0.5) is 8.78 Å². The molecule has 0 radical (unpaired) electrons. The Morgan fingerprint density at radius 1 is 1.12 bits per heavy atom. The molecule has 1 atom stereocenters. The van der Waals surface area contributed by atoms with Crippen LogP contribution in [0.25, 0.3) is 0 Å². The van der Waals surface area contributed by atoms with Gasteiger partial charge in [-0.1, -0.05) is 6.07 Å². The summed E-state index contributed by atoms with van der Waals surface area (Å²) < 4.78 is 36.4. The SMILES string of the molecule is COc1ccc(C(=O)OCC(=O)N[C@H](C)c2ccc(F)cc2F)cc1. The maximum atomic E-state index is 13.7. The van der Waals surface area contributed by atoms with Crippen molar-refractivity contribution in [2.75, 3.05) is 13.7 Å². The number of carbonyl (C=O) groups is 2. The zero-order valence-electron chi connectivity index (χ0n) is 13.7. The number of esters is 1. The molecule has 1 N–H and O–H groups in total. The van der Waals surface area contributed by atoms with Crippen LogP contribution in [0.3, 0.4) is 0 Å². The van der Waals surface area contributed by atoms with Gasteiger partial charge in [-0.05, 0) is 37.3 Å². The highest BCUT2D eigenvalue weighted by atomic mass is 19.1. The van der Waals surface area contributed by atoms with E-state index in [-0.39, 0.29) is 11.1 Å². The van der Waals surface area contributed by atoms with Gasteiger partial charge in [0.15, 0.2) is 6.61 Å². The van der Waals surface area contributed by atoms with Gasteiger partial charge in [0.1, 0.15) is 17.4 Å². The first-order chi connectivity index (χ1) is 11.9. The Morgan fingerprint density at radius 3 is 2.40 bits per heavy atom. The molecule has 0 saturated carbocycles. The van der Waals surface area contributed by atoms with E-state index in [4.69, 9.17) is 9.47 Å². The molecular formula is C18H17F2NO4. The van der Waals surface area contributed by atoms with E-state index in [0.29, 0.717) is 5.75 Å². The van der Waals surface area contributed by atoms with Crippen LogP contribution in [0.15, 0.2) is 42.5 Å². The fraction of sp³-hybridized carbons (Fsp3) is 0.222. The molecule has 5 nitrogen and oxygen atoms in total. The molecule has 0 aliphatic heterocycles. The van der Waals surface area contributed by atoms with Crippen molar-refractivity contribution < 1.29 is 27.8 Å². The second kappa shape index (κ2) is 8.23. The lowest BCUT2D eigenvalue weighted by Gasteiger charge is -2.15. The second-order valence-electron chi connectivity index (χ2n) is 5.26. The van der Waals surface area contributed by atoms with Crippen LogP contribution in [0.5, 0.6) is 5.75 Å². The zero-order valence-corrected chi connectivity index (χ0v) is 13.7. The monoisotopic (exact) mass is 349 g/mol. The minimum absolute atomic E-state index is 0.135. The third-order valence-corrected chi connectivity index (χ3v) is 3.47. The average Bonchev–Trinajstić information content (AvgIpc) is 2.59. The van der Waals surface area contributed by atoms with E-state index in [0.717, 1.165) is 12.1 Å². The van der Waals surface area contributed by atoms with E-state index in [1.165, 1.54) is 25.3 Å². The lowest BCUT2D eigenvalue weighted by atomic mass is 10.1. The number of benzene rings is 2. The summed E-state index contributed by atoms with van der Waals surface area (Å²) in [6.07, 6.45) is 0. The minimum atomic E-state index is -0.761. The van der Waals surface area contributed by atoms with Crippen LogP contribution in [0.2, 0.25) is 0 Å². The van der Waals surface area contributed by atoms with Gasteiger partial charge in [0.2, 0.25) is 0 Å². The van der Waals surface area contributed by atoms with Gasteiger partial charge >= 0.3 is 5.97 Å². The van der Waals surface area contributed by atoms with Crippen LogP contribution in [-0.2, 0) is 9.53 Å². The number of carbonyl (C=O) groups excluding carboxylic acids is 2. The molecule has 0 bridgehead atoms. The maximum absolute atomic E-state index is 13.7. The number of halogens is 2. The van der Waals surface area contributed by atoms with Gasteiger partial charge < -0.3 is 14.8 Å². The predicted molar refractivity (Wildman–Crippen MR) is 86.2 cm³/mol. The normalized spacial score (nSPS) is 11.5. The fourth-order valence-corrected chi connectivity index (χ4v) is 2.16. The Hall–Kier alpha value is -2.96. The summed E-state index contributed by atoms with van der Waals surface area (Å²) in [4.78, 5) is 23.7. The molecule has 0 aromatic heterocycles. The summed E-state index contributed by atoms with van der Waals surface area (Å²) in [6, 6.07) is 8.59. The van der Waals surface area contributed by atoms with Gasteiger partial charge in [0.25, 0.3) is 5.91 Å². The smallest absolute Gasteiger partial charge is 0.338 e. The number of methoxy groups -OCH3 is 1. The topological polar surface area (TPSA) is 64.6 Å². The van der Waals surface area contributed by atoms with E-state index in [1.54, 1.807) is 19.1 Å². The molecule has 7 heteroatoms. The molecule has 2 aromatic carbocycles. The Kier molecular flexibility index (Phi) is 6.05. The van der Waals surface area contributed by atoms with Crippen molar-refractivity contribution >= 4 is 11.9 Å². The maximum Gasteiger partial charge on any atom is 0.338 e. The standard InChI is InChI=1S/C18H17F2NO4/c1-11(15-8-5-13(19)9-16(15)20)21-17(22)10-25-18(23)12-3-6-14(24-2)7-4-12/h3-9,11H,10H2,1-2H3,(H,21,22)/t11-/m1/s1. The number of rotatable bonds is 6. The van der Waals surface area contributed by atoms with Gasteiger partial charge in [-0.2, -0.15) is 0 Å². The van der Waals surface area contributed by atoms with Gasteiger partial charge in [-0.3, -0.25) is 4.79 Å². The Morgan fingerprint density at radius 2 is 1.80 bits per heavy atom. The molecule has 0 aliphatic carbocycles. The third-order valence-electron chi connectivity index (χ3n) is 3.47. The van der Waals surface area contributed by atoms with Crippen LogP contribution in [-0.4, -0.2) is 25.6 Å². The van der Waals surface area contributed by atoms with Crippen molar-refractivity contribution in [1.82, 2.24) is 5.32 Å². The molecule has 0 fully saturated rings. The highest BCUT2D eigenvalue weighted by molar-refractivity contribution is 5.91. The first-order valence-electron chi connectivity index (χ1n) is 7.46. The summed E-state index contributed by atoms with van der Waals surface area (Å²) >= 11 is 0. The van der Waals surface area contributed by atoms with Gasteiger partial charge in [-0.15, -0.1) is 0 Å². The van der Waals surface area contributed by atoms with Gasteiger partial charge in [-0.25, -0.2) is 13.6 Å². The highest BCUT2D eigenvalue weighted by Crippen LogP contribution is 2.17. The molecule has 1 amide bonds. The Balaban J connectivity index is 1.88. The molecule has 25 heavy (non-hydrogen) atoms. The lowest BCUT2D eigenvalue weighted by molar-refractivity contribution is -0.124. The van der Waals surface area contributed by atoms with Gasteiger partial charge in [0, 0.05) is 11.6 Å². The molecule has 2 aromatic rings. The van der Waals surface area contributed by atoms with Crippen molar-refractivity contribution in [3.8, 4) is 5.75 Å². The van der Waals surface area contributed by atoms with Crippen molar-refractivity contribution in [1.29, 1.82) is 0 Å². The molecule has 0 unspecified atom stereocenters. The number of amides is 1. The summed E-state index contributed by atoms with van der Waals surface area (Å²) in [6.45, 7) is 1.03. The van der Waals surface area contributed by atoms with E-state index in [2.05, 4.69) is 5.32 Å². The van der Waals surface area contributed by atoms with Crippen LogP contribution in [0, 0.1) is 11.6 Å². The number of hydrogen-bond donors (Lipinski definition) is 1. The number of ether oxygens (including phenoxy) is 2. The molecular weight excluding hydrogens is 332 g/mol. The molecule has 132 valence electrons. The number of nitrogens with one attached hydrogen (secondary N) is 1. The van der Waals surface area contributed by atoms with Crippen LogP contribution >= 0.6 is 0 Å². The zero-order chi connectivity index (χ0) is 18.4. The predicted octanol–water partition coefficient (Wildman–Crippen LogP) is 3.01. The summed E-state index contributed by atoms with van der Waals surface area (Å²) in [7, 11) is 1.50. The Labute approximate surface area is 143 Å². The first kappa shape index (κ1) is 18.4. The average molecular weight is 349 g/mol. The van der Waals surface area contributed by atoms with Gasteiger partial charge in [0.05, 0.1) is 18.7 Å².